The molecule has 0 amide bonds. The van der Waals surface area contributed by atoms with Crippen molar-refractivity contribution >= 4 is 5.97 Å². The van der Waals surface area contributed by atoms with Gasteiger partial charge < -0.3 is 4.74 Å². The van der Waals surface area contributed by atoms with E-state index < -0.39 is 5.97 Å². The lowest BCUT2D eigenvalue weighted by molar-refractivity contribution is 0.0733. The summed E-state index contributed by atoms with van der Waals surface area (Å²) in [5.74, 6) is -0.369. The molecule has 2 aromatic carbocycles. The highest BCUT2D eigenvalue weighted by molar-refractivity contribution is 5.94. The van der Waals surface area contributed by atoms with Gasteiger partial charge in [-0.2, -0.15) is 0 Å². The van der Waals surface area contributed by atoms with Crippen LogP contribution >= 0.6 is 0 Å². The SMILES string of the molecule is Cc1cc(C)c(C(=O)Oc2ccc(F)c(C)c2)c(C)c1. The maximum absolute atomic E-state index is 13.2. The minimum absolute atomic E-state index is 0.313. The van der Waals surface area contributed by atoms with Gasteiger partial charge in [0.15, 0.2) is 0 Å². The van der Waals surface area contributed by atoms with E-state index in [9.17, 15) is 9.18 Å². The van der Waals surface area contributed by atoms with Gasteiger partial charge in [0.05, 0.1) is 5.56 Å². The Balaban J connectivity index is 2.31. The van der Waals surface area contributed by atoms with E-state index in [1.807, 2.05) is 32.9 Å². The van der Waals surface area contributed by atoms with Crippen LogP contribution in [0, 0.1) is 33.5 Å². The minimum Gasteiger partial charge on any atom is -0.423 e. The second-order valence-electron chi connectivity index (χ2n) is 5.07. The van der Waals surface area contributed by atoms with Gasteiger partial charge in [0.1, 0.15) is 11.6 Å². The number of hydrogen-bond acceptors (Lipinski definition) is 2. The van der Waals surface area contributed by atoms with Crippen LogP contribution in [0.1, 0.15) is 32.6 Å². The molecule has 0 saturated carbocycles. The zero-order chi connectivity index (χ0) is 14.9. The van der Waals surface area contributed by atoms with Crippen LogP contribution in [0.4, 0.5) is 4.39 Å². The summed E-state index contributed by atoms with van der Waals surface area (Å²) in [7, 11) is 0. The van der Waals surface area contributed by atoms with Crippen molar-refractivity contribution < 1.29 is 13.9 Å². The Morgan fingerprint density at radius 2 is 1.55 bits per heavy atom. The van der Waals surface area contributed by atoms with Crippen molar-refractivity contribution in [1.82, 2.24) is 0 Å². The highest BCUT2D eigenvalue weighted by Gasteiger charge is 2.15. The number of benzene rings is 2. The van der Waals surface area contributed by atoms with E-state index in [4.69, 9.17) is 4.74 Å². The molecule has 0 bridgehead atoms. The lowest BCUT2D eigenvalue weighted by Gasteiger charge is -2.11. The van der Waals surface area contributed by atoms with Crippen molar-refractivity contribution in [3.8, 4) is 5.75 Å². The van der Waals surface area contributed by atoms with Crippen LogP contribution in [0.2, 0.25) is 0 Å². The van der Waals surface area contributed by atoms with E-state index in [2.05, 4.69) is 0 Å². The molecule has 0 spiro atoms. The first-order chi connectivity index (χ1) is 9.38. The molecule has 0 atom stereocenters. The third-order valence-corrected chi connectivity index (χ3v) is 3.22. The predicted octanol–water partition coefficient (Wildman–Crippen LogP) is 4.28. The monoisotopic (exact) mass is 272 g/mol. The molecule has 0 unspecified atom stereocenters. The second-order valence-corrected chi connectivity index (χ2v) is 5.07. The summed E-state index contributed by atoms with van der Waals surface area (Å²) in [5, 5.41) is 0. The van der Waals surface area contributed by atoms with E-state index in [1.165, 1.54) is 18.2 Å². The Kier molecular flexibility index (Phi) is 3.89. The molecule has 0 fully saturated rings. The molecule has 0 aliphatic heterocycles. The molecule has 2 rings (SSSR count). The second kappa shape index (κ2) is 5.45. The Morgan fingerprint density at radius 1 is 0.950 bits per heavy atom. The average molecular weight is 272 g/mol. The summed E-state index contributed by atoms with van der Waals surface area (Å²) in [4.78, 5) is 12.2. The fraction of sp³-hybridized carbons (Fsp3) is 0.235. The molecule has 0 heterocycles. The van der Waals surface area contributed by atoms with E-state index in [1.54, 1.807) is 6.92 Å². The zero-order valence-corrected chi connectivity index (χ0v) is 12.1. The smallest absolute Gasteiger partial charge is 0.344 e. The first kappa shape index (κ1) is 14.3. The normalized spacial score (nSPS) is 10.4. The highest BCUT2D eigenvalue weighted by Crippen LogP contribution is 2.21. The average Bonchev–Trinajstić information content (AvgIpc) is 2.32. The third kappa shape index (κ3) is 2.87. The predicted molar refractivity (Wildman–Crippen MR) is 76.7 cm³/mol. The van der Waals surface area contributed by atoms with Crippen LogP contribution in [0.25, 0.3) is 0 Å². The molecule has 104 valence electrons. The molecular formula is C17H17FO2. The van der Waals surface area contributed by atoms with Crippen molar-refractivity contribution in [2.75, 3.05) is 0 Å². The van der Waals surface area contributed by atoms with Crippen molar-refractivity contribution in [3.05, 3.63) is 64.0 Å². The summed E-state index contributed by atoms with van der Waals surface area (Å²) < 4.78 is 18.5. The van der Waals surface area contributed by atoms with Crippen molar-refractivity contribution in [3.63, 3.8) is 0 Å². The summed E-state index contributed by atoms with van der Waals surface area (Å²) in [5.41, 5.74) is 3.89. The molecule has 20 heavy (non-hydrogen) atoms. The first-order valence-corrected chi connectivity index (χ1v) is 6.44. The highest BCUT2D eigenvalue weighted by atomic mass is 19.1. The number of ether oxygens (including phenoxy) is 1. The molecular weight excluding hydrogens is 255 g/mol. The number of rotatable bonds is 2. The molecule has 0 aliphatic rings. The third-order valence-electron chi connectivity index (χ3n) is 3.22. The van der Waals surface area contributed by atoms with Crippen LogP contribution in [0.15, 0.2) is 30.3 Å². The molecule has 0 saturated heterocycles. The van der Waals surface area contributed by atoms with Crippen LogP contribution in [-0.2, 0) is 0 Å². The standard InChI is InChI=1S/C17H17FO2/c1-10-7-12(3)16(13(4)8-10)17(19)20-14-5-6-15(18)11(2)9-14/h5-9H,1-4H3. The number of esters is 1. The van der Waals surface area contributed by atoms with E-state index in [0.29, 0.717) is 16.9 Å². The van der Waals surface area contributed by atoms with Crippen LogP contribution in [0.3, 0.4) is 0 Å². The van der Waals surface area contributed by atoms with Gasteiger partial charge in [-0.1, -0.05) is 17.7 Å². The largest absolute Gasteiger partial charge is 0.423 e. The number of aryl methyl sites for hydroxylation is 4. The van der Waals surface area contributed by atoms with Gasteiger partial charge in [0.25, 0.3) is 0 Å². The van der Waals surface area contributed by atoms with E-state index in [-0.39, 0.29) is 5.82 Å². The summed E-state index contributed by atoms with van der Waals surface area (Å²) in [6, 6.07) is 8.16. The van der Waals surface area contributed by atoms with Gasteiger partial charge in [0, 0.05) is 0 Å². The lowest BCUT2D eigenvalue weighted by Crippen LogP contribution is -2.12. The first-order valence-electron chi connectivity index (χ1n) is 6.44. The van der Waals surface area contributed by atoms with Crippen LogP contribution in [0.5, 0.6) is 5.75 Å². The maximum Gasteiger partial charge on any atom is 0.344 e. The van der Waals surface area contributed by atoms with Crippen LogP contribution < -0.4 is 4.74 Å². The van der Waals surface area contributed by atoms with Crippen molar-refractivity contribution in [2.24, 2.45) is 0 Å². The maximum atomic E-state index is 13.2. The van der Waals surface area contributed by atoms with Gasteiger partial charge in [0.2, 0.25) is 0 Å². The summed E-state index contributed by atoms with van der Waals surface area (Å²) in [6.45, 7) is 7.38. The Labute approximate surface area is 118 Å². The molecule has 0 aliphatic carbocycles. The fourth-order valence-corrected chi connectivity index (χ4v) is 2.34. The molecule has 2 nitrogen and oxygen atoms in total. The van der Waals surface area contributed by atoms with Crippen LogP contribution in [-0.4, -0.2) is 5.97 Å². The van der Waals surface area contributed by atoms with E-state index in [0.717, 1.165) is 16.7 Å². The topological polar surface area (TPSA) is 26.3 Å². The number of carbonyl (C=O) groups is 1. The van der Waals surface area contributed by atoms with Gasteiger partial charge in [-0.3, -0.25) is 0 Å². The van der Waals surface area contributed by atoms with Gasteiger partial charge in [-0.25, -0.2) is 9.18 Å². The zero-order valence-electron chi connectivity index (χ0n) is 12.1. The van der Waals surface area contributed by atoms with Crippen molar-refractivity contribution in [2.45, 2.75) is 27.7 Å². The summed E-state index contributed by atoms with van der Waals surface area (Å²) in [6.07, 6.45) is 0. The molecule has 3 heteroatoms. The quantitative estimate of drug-likeness (QED) is 0.602. The fourth-order valence-electron chi connectivity index (χ4n) is 2.34. The van der Waals surface area contributed by atoms with Gasteiger partial charge in [-0.05, 0) is 62.6 Å². The Hall–Kier alpha value is -2.16. The van der Waals surface area contributed by atoms with Crippen molar-refractivity contribution in [1.29, 1.82) is 0 Å². The van der Waals surface area contributed by atoms with Gasteiger partial charge >= 0.3 is 5.97 Å². The van der Waals surface area contributed by atoms with Gasteiger partial charge in [-0.15, -0.1) is 0 Å². The number of halogens is 1. The summed E-state index contributed by atoms with van der Waals surface area (Å²) >= 11 is 0. The molecule has 2 aromatic rings. The molecule has 0 N–H and O–H groups in total. The molecule has 0 aromatic heterocycles. The Bertz CT molecular complexity index is 652. The number of carbonyl (C=O) groups excluding carboxylic acids is 1. The minimum atomic E-state index is -0.411. The molecule has 0 radical (unpaired) electrons. The number of hydrogen-bond donors (Lipinski definition) is 0. The Morgan fingerprint density at radius 3 is 2.10 bits per heavy atom. The lowest BCUT2D eigenvalue weighted by atomic mass is 10.00. The van der Waals surface area contributed by atoms with E-state index >= 15 is 0 Å².